The molecular weight excluding hydrogens is 566 g/mol. The molecule has 0 radical (unpaired) electrons. The number of carbonyl (C=O) groups is 1. The standard InChI is InChI=1S/C29H28F6N4O3/c1-15-6-7-23(41-4)21(10-15)24-16(2)36-26(38-8-5-9-38)37-22(24)14-39-17(3)25(42-27(39)40)18-11-19(28(30,31)32)13-20(12-18)29(33,34)35/h6-7,10-13,17,25H,5,8-9,14H2,1-4H3/t17?,25-/m0/s1. The van der Waals surface area contributed by atoms with Crippen molar-refractivity contribution in [3.8, 4) is 16.9 Å². The van der Waals surface area contributed by atoms with Crippen LogP contribution in [-0.2, 0) is 23.6 Å². The van der Waals surface area contributed by atoms with Gasteiger partial charge in [0.25, 0.3) is 0 Å². The predicted octanol–water partition coefficient (Wildman–Crippen LogP) is 7.10. The highest BCUT2D eigenvalue weighted by atomic mass is 19.4. The van der Waals surface area contributed by atoms with E-state index in [0.717, 1.165) is 25.1 Å². The Labute approximate surface area is 238 Å². The Bertz CT molecular complexity index is 1490. The molecule has 3 heterocycles. The van der Waals surface area contributed by atoms with Crippen molar-refractivity contribution in [3.63, 3.8) is 0 Å². The number of carbonyl (C=O) groups excluding carboxylic acids is 1. The van der Waals surface area contributed by atoms with Crippen LogP contribution >= 0.6 is 0 Å². The normalized spacial score (nSPS) is 19.1. The van der Waals surface area contributed by atoms with E-state index in [0.29, 0.717) is 46.3 Å². The number of nitrogens with zero attached hydrogens (tertiary/aromatic N) is 4. The molecule has 5 rings (SSSR count). The number of alkyl halides is 6. The first-order valence-electron chi connectivity index (χ1n) is 13.2. The molecule has 2 fully saturated rings. The summed E-state index contributed by atoms with van der Waals surface area (Å²) in [5.41, 5.74) is -0.0653. The third-order valence-electron chi connectivity index (χ3n) is 7.57. The molecular formula is C29H28F6N4O3. The van der Waals surface area contributed by atoms with E-state index in [1.54, 1.807) is 13.0 Å². The van der Waals surface area contributed by atoms with Gasteiger partial charge in [-0.3, -0.25) is 4.90 Å². The maximum atomic E-state index is 13.5. The van der Waals surface area contributed by atoms with Gasteiger partial charge in [-0.1, -0.05) is 11.6 Å². The molecule has 0 bridgehead atoms. The van der Waals surface area contributed by atoms with Crippen LogP contribution in [0.3, 0.4) is 0 Å². The Kier molecular flexibility index (Phi) is 7.48. The van der Waals surface area contributed by atoms with Crippen LogP contribution in [0.1, 0.15) is 53.1 Å². The first-order valence-corrected chi connectivity index (χ1v) is 13.2. The van der Waals surface area contributed by atoms with Gasteiger partial charge in [-0.05, 0) is 63.1 Å². The molecule has 0 aliphatic carbocycles. The van der Waals surface area contributed by atoms with Gasteiger partial charge in [-0.15, -0.1) is 0 Å². The molecule has 1 unspecified atom stereocenters. The second-order valence-corrected chi connectivity index (χ2v) is 10.5. The highest BCUT2D eigenvalue weighted by Gasteiger charge is 2.44. The van der Waals surface area contributed by atoms with Gasteiger partial charge in [0.05, 0.1) is 42.2 Å². The molecule has 3 aromatic rings. The Hall–Kier alpha value is -4.03. The topological polar surface area (TPSA) is 67.8 Å². The molecule has 2 aliphatic rings. The predicted molar refractivity (Wildman–Crippen MR) is 141 cm³/mol. The minimum atomic E-state index is -5.03. The van der Waals surface area contributed by atoms with E-state index < -0.39 is 47.3 Å². The number of aromatic nitrogens is 2. The molecule has 1 amide bonds. The van der Waals surface area contributed by atoms with Crippen molar-refractivity contribution in [1.29, 1.82) is 0 Å². The molecule has 0 spiro atoms. The maximum Gasteiger partial charge on any atom is 0.416 e. The molecule has 0 saturated carbocycles. The number of anilines is 1. The first kappa shape index (κ1) is 29.5. The Morgan fingerprint density at radius 3 is 2.17 bits per heavy atom. The summed E-state index contributed by atoms with van der Waals surface area (Å²) in [6.07, 6.45) is -11.4. The number of amides is 1. The lowest BCUT2D eigenvalue weighted by atomic mass is 9.96. The Morgan fingerprint density at radius 2 is 1.62 bits per heavy atom. The number of cyclic esters (lactones) is 1. The van der Waals surface area contributed by atoms with Gasteiger partial charge < -0.3 is 14.4 Å². The monoisotopic (exact) mass is 594 g/mol. The highest BCUT2D eigenvalue weighted by molar-refractivity contribution is 5.77. The number of methoxy groups -OCH3 is 1. The van der Waals surface area contributed by atoms with E-state index in [2.05, 4.69) is 4.98 Å². The second-order valence-electron chi connectivity index (χ2n) is 10.5. The van der Waals surface area contributed by atoms with Gasteiger partial charge in [0.2, 0.25) is 5.95 Å². The van der Waals surface area contributed by atoms with Crippen LogP contribution in [0.15, 0.2) is 36.4 Å². The molecule has 2 saturated heterocycles. The van der Waals surface area contributed by atoms with Gasteiger partial charge >= 0.3 is 18.4 Å². The minimum Gasteiger partial charge on any atom is -0.496 e. The van der Waals surface area contributed by atoms with Crippen molar-refractivity contribution >= 4 is 12.0 Å². The van der Waals surface area contributed by atoms with Gasteiger partial charge in [0.15, 0.2) is 0 Å². The maximum absolute atomic E-state index is 13.5. The van der Waals surface area contributed by atoms with Crippen LogP contribution in [0.25, 0.3) is 11.1 Å². The molecule has 2 atom stereocenters. The largest absolute Gasteiger partial charge is 0.496 e. The summed E-state index contributed by atoms with van der Waals surface area (Å²) in [6.45, 7) is 6.61. The average Bonchev–Trinajstić information content (AvgIpc) is 3.14. The fourth-order valence-electron chi connectivity index (χ4n) is 5.22. The van der Waals surface area contributed by atoms with Crippen LogP contribution in [-0.4, -0.2) is 47.2 Å². The number of hydrogen-bond donors (Lipinski definition) is 0. The van der Waals surface area contributed by atoms with E-state index in [-0.39, 0.29) is 12.6 Å². The lowest BCUT2D eigenvalue weighted by Gasteiger charge is -2.32. The minimum absolute atomic E-state index is 0.0468. The van der Waals surface area contributed by atoms with Crippen molar-refractivity contribution in [1.82, 2.24) is 14.9 Å². The fraction of sp³-hybridized carbons (Fsp3) is 0.414. The number of ether oxygens (including phenoxy) is 2. The molecule has 42 heavy (non-hydrogen) atoms. The number of hydrogen-bond acceptors (Lipinski definition) is 6. The van der Waals surface area contributed by atoms with Gasteiger partial charge in [-0.2, -0.15) is 26.3 Å². The molecule has 224 valence electrons. The van der Waals surface area contributed by atoms with Crippen LogP contribution in [0.2, 0.25) is 0 Å². The van der Waals surface area contributed by atoms with Crippen LogP contribution < -0.4 is 9.64 Å². The van der Waals surface area contributed by atoms with Gasteiger partial charge in [0, 0.05) is 24.2 Å². The van der Waals surface area contributed by atoms with E-state index in [4.69, 9.17) is 14.5 Å². The summed E-state index contributed by atoms with van der Waals surface area (Å²) in [6, 6.07) is 5.88. The summed E-state index contributed by atoms with van der Waals surface area (Å²) in [5.74, 6) is 1.01. The highest BCUT2D eigenvalue weighted by Crippen LogP contribution is 2.42. The lowest BCUT2D eigenvalue weighted by molar-refractivity contribution is -0.143. The van der Waals surface area contributed by atoms with E-state index >= 15 is 0 Å². The van der Waals surface area contributed by atoms with Crippen LogP contribution in [0.4, 0.5) is 37.1 Å². The quantitative estimate of drug-likeness (QED) is 0.284. The van der Waals surface area contributed by atoms with Crippen LogP contribution in [0, 0.1) is 13.8 Å². The van der Waals surface area contributed by atoms with Crippen molar-refractivity contribution in [2.24, 2.45) is 0 Å². The van der Waals surface area contributed by atoms with Gasteiger partial charge in [-0.25, -0.2) is 14.8 Å². The van der Waals surface area contributed by atoms with Crippen molar-refractivity contribution in [2.75, 3.05) is 25.1 Å². The average molecular weight is 595 g/mol. The van der Waals surface area contributed by atoms with Crippen molar-refractivity contribution in [3.05, 3.63) is 70.0 Å². The summed E-state index contributed by atoms with van der Waals surface area (Å²) in [5, 5.41) is 0. The summed E-state index contributed by atoms with van der Waals surface area (Å²) in [4.78, 5) is 25.8. The van der Waals surface area contributed by atoms with Crippen LogP contribution in [0.5, 0.6) is 5.75 Å². The second kappa shape index (κ2) is 10.7. The van der Waals surface area contributed by atoms with Gasteiger partial charge in [0.1, 0.15) is 11.9 Å². The Morgan fingerprint density at radius 1 is 0.976 bits per heavy atom. The van der Waals surface area contributed by atoms with E-state index in [9.17, 15) is 31.1 Å². The zero-order valence-corrected chi connectivity index (χ0v) is 23.2. The first-order chi connectivity index (χ1) is 19.7. The summed E-state index contributed by atoms with van der Waals surface area (Å²) < 4.78 is 92.1. The number of halogens is 6. The zero-order chi connectivity index (χ0) is 30.6. The molecule has 2 aromatic carbocycles. The number of benzene rings is 2. The van der Waals surface area contributed by atoms with E-state index in [1.807, 2.05) is 24.0 Å². The van der Waals surface area contributed by atoms with E-state index in [1.165, 1.54) is 18.9 Å². The number of aryl methyl sites for hydroxylation is 2. The fourth-order valence-corrected chi connectivity index (χ4v) is 5.22. The smallest absolute Gasteiger partial charge is 0.416 e. The zero-order valence-electron chi connectivity index (χ0n) is 23.2. The molecule has 7 nitrogen and oxygen atoms in total. The third kappa shape index (κ3) is 5.56. The van der Waals surface area contributed by atoms with Crippen molar-refractivity contribution in [2.45, 2.75) is 58.2 Å². The molecule has 0 N–H and O–H groups in total. The lowest BCUT2D eigenvalue weighted by Crippen LogP contribution is -2.39. The molecule has 13 heteroatoms. The number of rotatable bonds is 6. The van der Waals surface area contributed by atoms with Crippen molar-refractivity contribution < 1.29 is 40.6 Å². The SMILES string of the molecule is COc1ccc(C)cc1-c1c(C)nc(N2CCC2)nc1CN1C(=O)O[C@H](c2cc(C(F)(F)F)cc(C(F)(F)F)c2)C1C. The summed E-state index contributed by atoms with van der Waals surface area (Å²) >= 11 is 0. The molecule has 1 aromatic heterocycles. The molecule has 2 aliphatic heterocycles. The third-order valence-corrected chi connectivity index (χ3v) is 7.57. The summed E-state index contributed by atoms with van der Waals surface area (Å²) in [7, 11) is 1.52. The Balaban J connectivity index is 1.56.